The molecule has 228 valence electrons. The highest BCUT2D eigenvalue weighted by atomic mass is 15.0. The highest BCUT2D eigenvalue weighted by Gasteiger charge is 2.18. The van der Waals surface area contributed by atoms with Gasteiger partial charge in [-0.3, -0.25) is 4.40 Å². The minimum Gasteiger partial charge on any atom is -0.282 e. The van der Waals surface area contributed by atoms with Gasteiger partial charge in [-0.25, -0.2) is 9.97 Å². The van der Waals surface area contributed by atoms with E-state index in [1.807, 2.05) is 24.5 Å². The molecule has 10 aromatic rings. The van der Waals surface area contributed by atoms with Crippen LogP contribution in [0.15, 0.2) is 176 Å². The Hall–Kier alpha value is -6.58. The number of aromatic nitrogens is 3. The largest absolute Gasteiger partial charge is 0.282 e. The lowest BCUT2D eigenvalue weighted by atomic mass is 9.85. The van der Waals surface area contributed by atoms with Crippen LogP contribution >= 0.6 is 0 Å². The molecule has 0 unspecified atom stereocenters. The number of rotatable bonds is 4. The van der Waals surface area contributed by atoms with E-state index >= 15 is 0 Å². The summed E-state index contributed by atoms with van der Waals surface area (Å²) in [5.74, 6) is 0. The summed E-state index contributed by atoms with van der Waals surface area (Å²) in [7, 11) is 0. The number of nitrogens with zero attached hydrogens (tertiary/aromatic N) is 3. The van der Waals surface area contributed by atoms with Gasteiger partial charge in [-0.15, -0.1) is 0 Å². The van der Waals surface area contributed by atoms with Crippen LogP contribution in [0.25, 0.3) is 93.6 Å². The molecule has 3 heteroatoms. The molecule has 49 heavy (non-hydrogen) atoms. The van der Waals surface area contributed by atoms with E-state index < -0.39 is 0 Å². The van der Waals surface area contributed by atoms with E-state index in [-0.39, 0.29) is 0 Å². The number of fused-ring (bicyclic) bond motifs is 7. The highest BCUT2D eigenvalue weighted by molar-refractivity contribution is 6.21. The lowest BCUT2D eigenvalue weighted by Gasteiger charge is -2.18. The van der Waals surface area contributed by atoms with Crippen LogP contribution in [0, 0.1) is 0 Å². The van der Waals surface area contributed by atoms with Gasteiger partial charge in [-0.05, 0) is 90.8 Å². The number of hydrogen-bond donors (Lipinski definition) is 0. The lowest BCUT2D eigenvalue weighted by Crippen LogP contribution is -1.91. The van der Waals surface area contributed by atoms with Crippen molar-refractivity contribution in [2.24, 2.45) is 0 Å². The van der Waals surface area contributed by atoms with Gasteiger partial charge >= 0.3 is 0 Å². The van der Waals surface area contributed by atoms with Gasteiger partial charge < -0.3 is 0 Å². The van der Waals surface area contributed by atoms with Crippen LogP contribution in [0.2, 0.25) is 0 Å². The van der Waals surface area contributed by atoms with Gasteiger partial charge in [0.15, 0.2) is 0 Å². The zero-order valence-electron chi connectivity index (χ0n) is 26.6. The summed E-state index contributed by atoms with van der Waals surface area (Å²) in [6.07, 6.45) is 1.89. The lowest BCUT2D eigenvalue weighted by molar-refractivity contribution is 1.15. The Kier molecular flexibility index (Phi) is 6.18. The first-order valence-electron chi connectivity index (χ1n) is 16.7. The van der Waals surface area contributed by atoms with E-state index in [0.29, 0.717) is 0 Å². The average molecular weight is 624 g/mol. The van der Waals surface area contributed by atoms with Crippen LogP contribution in [-0.2, 0) is 0 Å². The van der Waals surface area contributed by atoms with Crippen LogP contribution in [-0.4, -0.2) is 14.4 Å². The fourth-order valence-corrected chi connectivity index (χ4v) is 7.63. The van der Waals surface area contributed by atoms with Crippen molar-refractivity contribution in [2.45, 2.75) is 0 Å². The zero-order chi connectivity index (χ0) is 32.3. The Labute approximate surface area is 283 Å². The first-order chi connectivity index (χ1) is 24.3. The second kappa shape index (κ2) is 11.0. The molecule has 8 aromatic carbocycles. The first-order valence-corrected chi connectivity index (χ1v) is 16.7. The topological polar surface area (TPSA) is 30.2 Å². The van der Waals surface area contributed by atoms with Gasteiger partial charge in [-0.1, -0.05) is 140 Å². The Bertz CT molecular complexity index is 2830. The maximum atomic E-state index is 5.22. The molecule has 0 radical (unpaired) electrons. The molecule has 0 aliphatic rings. The second-order valence-corrected chi connectivity index (χ2v) is 12.6. The molecule has 3 nitrogen and oxygen atoms in total. The van der Waals surface area contributed by atoms with Crippen molar-refractivity contribution in [3.05, 3.63) is 176 Å². The summed E-state index contributed by atoms with van der Waals surface area (Å²) < 4.78 is 2.11. The third-order valence-corrected chi connectivity index (χ3v) is 9.83. The molecule has 2 heterocycles. The van der Waals surface area contributed by atoms with E-state index in [1.54, 1.807) is 0 Å². The van der Waals surface area contributed by atoms with E-state index in [2.05, 4.69) is 156 Å². The Balaban J connectivity index is 1.19. The van der Waals surface area contributed by atoms with Crippen molar-refractivity contribution < 1.29 is 0 Å². The summed E-state index contributed by atoms with van der Waals surface area (Å²) in [6, 6.07) is 60.9. The van der Waals surface area contributed by atoms with Crippen molar-refractivity contribution >= 4 is 49.1 Å². The molecular formula is C46H29N3. The van der Waals surface area contributed by atoms with E-state index in [0.717, 1.165) is 38.7 Å². The van der Waals surface area contributed by atoms with Gasteiger partial charge in [0, 0.05) is 10.9 Å². The van der Waals surface area contributed by atoms with Gasteiger partial charge in [0.05, 0.1) is 16.6 Å². The second-order valence-electron chi connectivity index (χ2n) is 12.6. The minimum absolute atomic E-state index is 0.924. The third kappa shape index (κ3) is 4.37. The van der Waals surface area contributed by atoms with Crippen LogP contribution < -0.4 is 0 Å². The van der Waals surface area contributed by atoms with Gasteiger partial charge in [0.25, 0.3) is 0 Å². The standard InChI is InChI=1S/C46H29N3/c1-2-13-30(14-3-1)31-15-10-17-33(27-31)43-36-19-4-6-21-38(36)44(39-22-7-5-20-37(39)43)34-18-11-16-32(28-34)35-24-12-26-42-45(35)48-46-40-23-8-9-25-41(40)47-29-49(42)46/h1-29H. The Morgan fingerprint density at radius 1 is 0.388 bits per heavy atom. The molecule has 0 N–H and O–H groups in total. The molecule has 0 aliphatic carbocycles. The third-order valence-electron chi connectivity index (χ3n) is 9.83. The average Bonchev–Trinajstić information content (AvgIpc) is 3.57. The summed E-state index contributed by atoms with van der Waals surface area (Å²) in [5, 5.41) is 6.01. The zero-order valence-corrected chi connectivity index (χ0v) is 26.6. The van der Waals surface area contributed by atoms with Crippen molar-refractivity contribution in [1.82, 2.24) is 14.4 Å². The Morgan fingerprint density at radius 2 is 0.898 bits per heavy atom. The number of benzene rings is 8. The number of hydrogen-bond acceptors (Lipinski definition) is 2. The van der Waals surface area contributed by atoms with Gasteiger partial charge in [0.2, 0.25) is 0 Å². The summed E-state index contributed by atoms with van der Waals surface area (Å²) >= 11 is 0. The minimum atomic E-state index is 0.924. The van der Waals surface area contributed by atoms with Crippen LogP contribution in [0.1, 0.15) is 0 Å². The molecule has 0 atom stereocenters. The number of imidazole rings is 1. The predicted octanol–water partition coefficient (Wildman–Crippen LogP) is 12.0. The summed E-state index contributed by atoms with van der Waals surface area (Å²) in [5.41, 5.74) is 13.5. The van der Waals surface area contributed by atoms with Crippen molar-refractivity contribution in [3.8, 4) is 44.5 Å². The SMILES string of the molecule is c1ccc(-c2cccc(-c3c4ccccc4c(-c4cccc(-c5cccc6c5nc5c7ccccc7ncn65)c4)c4ccccc34)c2)cc1. The molecule has 0 amide bonds. The van der Waals surface area contributed by atoms with Crippen molar-refractivity contribution in [2.75, 3.05) is 0 Å². The fourth-order valence-electron chi connectivity index (χ4n) is 7.63. The van der Waals surface area contributed by atoms with Crippen molar-refractivity contribution in [1.29, 1.82) is 0 Å². The van der Waals surface area contributed by atoms with Crippen LogP contribution in [0.5, 0.6) is 0 Å². The molecule has 0 spiro atoms. The smallest absolute Gasteiger partial charge is 0.148 e. The molecule has 0 bridgehead atoms. The normalized spacial score (nSPS) is 11.7. The van der Waals surface area contributed by atoms with E-state index in [4.69, 9.17) is 9.97 Å². The van der Waals surface area contributed by atoms with Crippen LogP contribution in [0.4, 0.5) is 0 Å². The monoisotopic (exact) mass is 623 g/mol. The van der Waals surface area contributed by atoms with E-state index in [9.17, 15) is 0 Å². The molecule has 10 rings (SSSR count). The molecule has 0 saturated carbocycles. The quantitative estimate of drug-likeness (QED) is 0.183. The van der Waals surface area contributed by atoms with Gasteiger partial charge in [0.1, 0.15) is 12.0 Å². The highest BCUT2D eigenvalue weighted by Crippen LogP contribution is 2.45. The van der Waals surface area contributed by atoms with E-state index in [1.165, 1.54) is 54.9 Å². The molecular weight excluding hydrogens is 595 g/mol. The molecule has 0 fully saturated rings. The molecule has 0 aliphatic heterocycles. The maximum Gasteiger partial charge on any atom is 0.148 e. The van der Waals surface area contributed by atoms with Gasteiger partial charge in [-0.2, -0.15) is 0 Å². The van der Waals surface area contributed by atoms with Crippen LogP contribution in [0.3, 0.4) is 0 Å². The summed E-state index contributed by atoms with van der Waals surface area (Å²) in [6.45, 7) is 0. The molecule has 0 saturated heterocycles. The first kappa shape index (κ1) is 27.5. The molecule has 2 aromatic heterocycles. The fraction of sp³-hybridized carbons (Fsp3) is 0. The Morgan fingerprint density at radius 3 is 1.57 bits per heavy atom. The van der Waals surface area contributed by atoms with Crippen molar-refractivity contribution in [3.63, 3.8) is 0 Å². The summed E-state index contributed by atoms with van der Waals surface area (Å²) in [4.78, 5) is 9.94. The predicted molar refractivity (Wildman–Crippen MR) is 205 cm³/mol. The number of para-hydroxylation sites is 2. The maximum absolute atomic E-state index is 5.22.